The van der Waals surface area contributed by atoms with Crippen molar-refractivity contribution in [2.75, 3.05) is 0 Å². The van der Waals surface area contributed by atoms with Crippen LogP contribution in [0, 0.1) is 22.7 Å². The number of nitrogens with one attached hydrogen (secondary N) is 3. The molecular weight excluding hydrogens is 252 g/mol. The number of rotatable bonds is 5. The van der Waals surface area contributed by atoms with Gasteiger partial charge in [0.1, 0.15) is 12.8 Å². The molecule has 0 aliphatic carbocycles. The van der Waals surface area contributed by atoms with Crippen molar-refractivity contribution < 1.29 is 14.4 Å². The molecule has 100 valence electrons. The molecule has 0 unspecified atom stereocenters. The summed E-state index contributed by atoms with van der Waals surface area (Å²) >= 11 is 0. The van der Waals surface area contributed by atoms with Gasteiger partial charge in [-0.1, -0.05) is 0 Å². The zero-order chi connectivity index (χ0) is 14.7. The maximum absolute atomic E-state index is 11.3. The number of amides is 3. The number of nitrogens with zero attached hydrogens (tertiary/aromatic N) is 3. The molecule has 0 aromatic heterocycles. The van der Waals surface area contributed by atoms with Crippen LogP contribution in [0.2, 0.25) is 0 Å². The van der Waals surface area contributed by atoms with E-state index < -0.39 is 17.7 Å². The Hall–Kier alpha value is -2.94. The van der Waals surface area contributed by atoms with E-state index in [4.69, 9.17) is 10.5 Å². The molecule has 0 aromatic rings. The molecule has 9 heteroatoms. The monoisotopic (exact) mass is 264 g/mol. The fraction of sp³-hybridized carbons (Fsp3) is 0.400. The van der Waals surface area contributed by atoms with E-state index in [0.29, 0.717) is 5.71 Å². The van der Waals surface area contributed by atoms with E-state index in [1.165, 1.54) is 6.92 Å². The zero-order valence-electron chi connectivity index (χ0n) is 10.2. The predicted molar refractivity (Wildman–Crippen MR) is 62.6 cm³/mol. The Balaban J connectivity index is 4.02. The molecule has 0 rings (SSSR count). The summed E-state index contributed by atoms with van der Waals surface area (Å²) in [6.45, 7) is 1.49. The summed E-state index contributed by atoms with van der Waals surface area (Å²) in [6, 6.07) is 3.26. The number of hydrogen-bond donors (Lipinski definition) is 3. The fourth-order valence-corrected chi connectivity index (χ4v) is 0.841. The van der Waals surface area contributed by atoms with E-state index >= 15 is 0 Å². The summed E-state index contributed by atoms with van der Waals surface area (Å²) in [5.41, 5.74) is 6.48. The van der Waals surface area contributed by atoms with Gasteiger partial charge >= 0.3 is 0 Å². The Morgan fingerprint density at radius 2 is 1.53 bits per heavy atom. The van der Waals surface area contributed by atoms with Crippen LogP contribution in [-0.4, -0.2) is 23.4 Å². The van der Waals surface area contributed by atoms with E-state index in [1.54, 1.807) is 12.1 Å². The highest BCUT2D eigenvalue weighted by atomic mass is 16.2. The standard InChI is InChI=1S/C10H12N6O3/c1-7(13-14-8(17)2-4-11)6-10(19)16-15-9(18)3-5-12/h2-3,6H2,1H3,(H,14,17)(H,15,18)(H,16,19)/b13-7+. The molecule has 0 saturated carbocycles. The molecule has 0 radical (unpaired) electrons. The molecule has 3 N–H and O–H groups in total. The molecule has 0 atom stereocenters. The third-order valence-corrected chi connectivity index (χ3v) is 1.61. The maximum atomic E-state index is 11.3. The van der Waals surface area contributed by atoms with E-state index in [0.717, 1.165) is 0 Å². The predicted octanol–water partition coefficient (Wildman–Crippen LogP) is -1.16. The van der Waals surface area contributed by atoms with Crippen LogP contribution in [0.5, 0.6) is 0 Å². The van der Waals surface area contributed by atoms with Gasteiger partial charge in [-0.15, -0.1) is 0 Å². The van der Waals surface area contributed by atoms with Gasteiger partial charge in [-0.05, 0) is 6.92 Å². The van der Waals surface area contributed by atoms with Gasteiger partial charge in [0, 0.05) is 5.71 Å². The van der Waals surface area contributed by atoms with Gasteiger partial charge < -0.3 is 0 Å². The van der Waals surface area contributed by atoms with Gasteiger partial charge in [0.25, 0.3) is 11.8 Å². The molecule has 0 bridgehead atoms. The lowest BCUT2D eigenvalue weighted by Crippen LogP contribution is -2.42. The highest BCUT2D eigenvalue weighted by molar-refractivity contribution is 6.00. The van der Waals surface area contributed by atoms with Crippen molar-refractivity contribution in [2.24, 2.45) is 5.10 Å². The van der Waals surface area contributed by atoms with E-state index in [9.17, 15) is 14.4 Å². The highest BCUT2D eigenvalue weighted by Gasteiger charge is 2.06. The normalized spacial score (nSPS) is 9.74. The third kappa shape index (κ3) is 8.83. The second-order valence-corrected chi connectivity index (χ2v) is 3.32. The van der Waals surface area contributed by atoms with E-state index in [-0.39, 0.29) is 19.3 Å². The first-order valence-electron chi connectivity index (χ1n) is 5.13. The Morgan fingerprint density at radius 3 is 2.11 bits per heavy atom. The molecule has 0 aromatic carbocycles. The van der Waals surface area contributed by atoms with Gasteiger partial charge in [0.05, 0.1) is 18.6 Å². The van der Waals surface area contributed by atoms with Crippen molar-refractivity contribution in [2.45, 2.75) is 26.2 Å². The molecule has 0 aliphatic heterocycles. The van der Waals surface area contributed by atoms with E-state index in [2.05, 4.69) is 16.0 Å². The molecular formula is C10H12N6O3. The fourth-order valence-electron chi connectivity index (χ4n) is 0.841. The average molecular weight is 264 g/mol. The number of hydrazine groups is 1. The minimum Gasteiger partial charge on any atom is -0.273 e. The second-order valence-electron chi connectivity index (χ2n) is 3.32. The third-order valence-electron chi connectivity index (χ3n) is 1.61. The van der Waals surface area contributed by atoms with Crippen molar-refractivity contribution in [3.63, 3.8) is 0 Å². The van der Waals surface area contributed by atoms with Crippen LogP contribution < -0.4 is 16.3 Å². The number of hydrazone groups is 1. The highest BCUT2D eigenvalue weighted by Crippen LogP contribution is 1.86. The van der Waals surface area contributed by atoms with Crippen molar-refractivity contribution in [3.8, 4) is 12.1 Å². The summed E-state index contributed by atoms with van der Waals surface area (Å²) < 4.78 is 0. The van der Waals surface area contributed by atoms with E-state index in [1.807, 2.05) is 5.43 Å². The molecule has 0 saturated heterocycles. The molecule has 3 amide bonds. The first-order valence-corrected chi connectivity index (χ1v) is 5.13. The molecule has 0 fully saturated rings. The van der Waals surface area contributed by atoms with Crippen molar-refractivity contribution in [3.05, 3.63) is 0 Å². The number of carbonyl (C=O) groups excluding carboxylic acids is 3. The molecule has 9 nitrogen and oxygen atoms in total. The number of carbonyl (C=O) groups is 3. The number of hydrogen-bond acceptors (Lipinski definition) is 6. The van der Waals surface area contributed by atoms with Crippen LogP contribution in [0.25, 0.3) is 0 Å². The lowest BCUT2D eigenvalue weighted by Gasteiger charge is -2.05. The summed E-state index contributed by atoms with van der Waals surface area (Å²) in [5, 5.41) is 20.0. The zero-order valence-corrected chi connectivity index (χ0v) is 10.2. The van der Waals surface area contributed by atoms with Gasteiger partial charge in [0.15, 0.2) is 0 Å². The van der Waals surface area contributed by atoms with Gasteiger partial charge in [-0.25, -0.2) is 5.43 Å². The quantitative estimate of drug-likeness (QED) is 0.423. The van der Waals surface area contributed by atoms with Gasteiger partial charge in [-0.3, -0.25) is 25.2 Å². The van der Waals surface area contributed by atoms with Gasteiger partial charge in [-0.2, -0.15) is 15.6 Å². The van der Waals surface area contributed by atoms with Gasteiger partial charge in [0.2, 0.25) is 5.91 Å². The van der Waals surface area contributed by atoms with Crippen LogP contribution in [-0.2, 0) is 14.4 Å². The minimum atomic E-state index is -0.632. The minimum absolute atomic E-state index is 0.153. The summed E-state index contributed by atoms with van der Waals surface area (Å²) in [6.07, 6.45) is -0.843. The molecule has 0 heterocycles. The molecule has 19 heavy (non-hydrogen) atoms. The first-order chi connectivity index (χ1) is 8.99. The largest absolute Gasteiger partial charge is 0.273 e. The smallest absolute Gasteiger partial charge is 0.254 e. The lowest BCUT2D eigenvalue weighted by atomic mass is 10.3. The van der Waals surface area contributed by atoms with Crippen LogP contribution in [0.1, 0.15) is 26.2 Å². The Bertz CT molecular complexity index is 471. The van der Waals surface area contributed by atoms with Crippen molar-refractivity contribution in [1.82, 2.24) is 16.3 Å². The Labute approximate surface area is 109 Å². The Kier molecular flexibility index (Phi) is 7.72. The summed E-state index contributed by atoms with van der Waals surface area (Å²) in [4.78, 5) is 33.0. The molecule has 0 aliphatic rings. The SMILES string of the molecule is C/C(CC(=O)NNC(=O)CC#N)=N\NC(=O)CC#N. The molecule has 0 spiro atoms. The van der Waals surface area contributed by atoms with Crippen LogP contribution in [0.15, 0.2) is 5.10 Å². The summed E-state index contributed by atoms with van der Waals surface area (Å²) in [7, 11) is 0. The van der Waals surface area contributed by atoms with Crippen LogP contribution >= 0.6 is 0 Å². The van der Waals surface area contributed by atoms with Crippen molar-refractivity contribution >= 4 is 23.4 Å². The first kappa shape index (κ1) is 16.1. The van der Waals surface area contributed by atoms with Crippen molar-refractivity contribution in [1.29, 1.82) is 10.5 Å². The number of nitriles is 2. The maximum Gasteiger partial charge on any atom is 0.254 e. The average Bonchev–Trinajstić information content (AvgIpc) is 2.35. The van der Waals surface area contributed by atoms with Crippen LogP contribution in [0.3, 0.4) is 0 Å². The topological polar surface area (TPSA) is 147 Å². The Morgan fingerprint density at radius 1 is 1.00 bits per heavy atom. The summed E-state index contributed by atoms with van der Waals surface area (Å²) in [5.74, 6) is -1.76. The van der Waals surface area contributed by atoms with Crippen LogP contribution in [0.4, 0.5) is 0 Å². The lowest BCUT2D eigenvalue weighted by molar-refractivity contribution is -0.127. The second kappa shape index (κ2) is 9.13.